The zero-order chi connectivity index (χ0) is 19.1. The second-order valence-corrected chi connectivity index (χ2v) is 7.43. The number of benzene rings is 1. The van der Waals surface area contributed by atoms with Gasteiger partial charge in [0.15, 0.2) is 0 Å². The lowest BCUT2D eigenvalue weighted by Crippen LogP contribution is -2.22. The van der Waals surface area contributed by atoms with Gasteiger partial charge in [0.05, 0.1) is 23.8 Å². The van der Waals surface area contributed by atoms with Crippen LogP contribution < -0.4 is 0 Å². The Morgan fingerprint density at radius 3 is 2.75 bits per heavy atom. The van der Waals surface area contributed by atoms with E-state index in [4.69, 9.17) is 4.98 Å². The number of aliphatic hydroxyl groups excluding tert-OH is 1. The van der Waals surface area contributed by atoms with Crippen molar-refractivity contribution >= 4 is 11.0 Å². The number of aromatic nitrogens is 4. The molecule has 1 saturated carbocycles. The smallest absolute Gasteiger partial charge is 0.137 e. The van der Waals surface area contributed by atoms with Crippen molar-refractivity contribution in [2.75, 3.05) is 0 Å². The Kier molecular flexibility index (Phi) is 4.20. The first-order chi connectivity index (χ1) is 13.7. The van der Waals surface area contributed by atoms with Gasteiger partial charge in [-0.2, -0.15) is 0 Å². The Labute approximate surface area is 161 Å². The van der Waals surface area contributed by atoms with Gasteiger partial charge in [-0.3, -0.25) is 0 Å². The number of nitrogens with one attached hydrogen (secondary N) is 1. The molecule has 1 aromatic carbocycles. The molecule has 0 amide bonds. The summed E-state index contributed by atoms with van der Waals surface area (Å²) in [6, 6.07) is 10.6. The van der Waals surface area contributed by atoms with Gasteiger partial charge in [0.25, 0.3) is 0 Å². The molecule has 1 aliphatic carbocycles. The fraction of sp³-hybridized carbons (Fsp3) is 0.273. The highest BCUT2D eigenvalue weighted by Gasteiger charge is 2.26. The van der Waals surface area contributed by atoms with Crippen molar-refractivity contribution in [1.82, 2.24) is 19.5 Å². The Hall–Kier alpha value is -2.99. The normalized spacial score (nSPS) is 19.9. The Morgan fingerprint density at radius 2 is 1.93 bits per heavy atom. The summed E-state index contributed by atoms with van der Waals surface area (Å²) in [5.41, 5.74) is 4.51. The number of aromatic amines is 1. The summed E-state index contributed by atoms with van der Waals surface area (Å²) < 4.78 is 15.6. The van der Waals surface area contributed by atoms with Gasteiger partial charge in [-0.15, -0.1) is 0 Å². The molecule has 0 saturated heterocycles. The standard InChI is InChI=1S/C22H21FN4O/c23-15-6-4-14(5-7-15)20-21(18-8-10-24-22-19(18)9-11-25-22)27(13-26-20)16-2-1-3-17(28)12-16/h4-11,13,16-17,28H,1-3,12H2,(H,24,25)/t16-,17-/m1/s1. The van der Waals surface area contributed by atoms with Crippen LogP contribution in [0.1, 0.15) is 31.7 Å². The number of pyridine rings is 1. The van der Waals surface area contributed by atoms with E-state index in [-0.39, 0.29) is 18.0 Å². The third-order valence-corrected chi connectivity index (χ3v) is 5.64. The maximum Gasteiger partial charge on any atom is 0.137 e. The van der Waals surface area contributed by atoms with Gasteiger partial charge < -0.3 is 14.7 Å². The van der Waals surface area contributed by atoms with Gasteiger partial charge in [-0.1, -0.05) is 0 Å². The lowest BCUT2D eigenvalue weighted by atomic mass is 9.92. The Morgan fingerprint density at radius 1 is 1.07 bits per heavy atom. The topological polar surface area (TPSA) is 66.7 Å². The number of rotatable bonds is 3. The highest BCUT2D eigenvalue weighted by Crippen LogP contribution is 2.39. The van der Waals surface area contributed by atoms with E-state index in [1.54, 1.807) is 18.3 Å². The van der Waals surface area contributed by atoms with Crippen molar-refractivity contribution in [3.8, 4) is 22.5 Å². The number of hydrogen-bond donors (Lipinski definition) is 2. The molecule has 1 fully saturated rings. The van der Waals surface area contributed by atoms with Crippen LogP contribution in [0.15, 0.2) is 55.1 Å². The Balaban J connectivity index is 1.73. The van der Waals surface area contributed by atoms with Crippen molar-refractivity contribution in [2.24, 2.45) is 0 Å². The second-order valence-electron chi connectivity index (χ2n) is 7.43. The van der Waals surface area contributed by atoms with E-state index in [1.807, 2.05) is 24.7 Å². The average molecular weight is 376 g/mol. The molecule has 0 spiro atoms. The van der Waals surface area contributed by atoms with Gasteiger partial charge in [0, 0.05) is 34.9 Å². The molecule has 142 valence electrons. The fourth-order valence-corrected chi connectivity index (χ4v) is 4.28. The molecule has 0 unspecified atom stereocenters. The molecule has 1 aliphatic rings. The molecule has 4 aromatic rings. The maximum absolute atomic E-state index is 13.5. The second kappa shape index (κ2) is 6.87. The predicted molar refractivity (Wildman–Crippen MR) is 106 cm³/mol. The van der Waals surface area contributed by atoms with Gasteiger partial charge in [0.2, 0.25) is 0 Å². The molecule has 0 bridgehead atoms. The van der Waals surface area contributed by atoms with Gasteiger partial charge in [-0.25, -0.2) is 14.4 Å². The summed E-state index contributed by atoms with van der Waals surface area (Å²) in [4.78, 5) is 12.3. The lowest BCUT2D eigenvalue weighted by Gasteiger charge is -2.28. The first-order valence-electron chi connectivity index (χ1n) is 9.64. The van der Waals surface area contributed by atoms with E-state index in [9.17, 15) is 9.50 Å². The van der Waals surface area contributed by atoms with E-state index >= 15 is 0 Å². The van der Waals surface area contributed by atoms with Crippen LogP contribution in [0.25, 0.3) is 33.5 Å². The molecular formula is C22H21FN4O. The minimum Gasteiger partial charge on any atom is -0.393 e. The fourth-order valence-electron chi connectivity index (χ4n) is 4.28. The number of hydrogen-bond acceptors (Lipinski definition) is 3. The van der Waals surface area contributed by atoms with E-state index in [0.29, 0.717) is 6.42 Å². The van der Waals surface area contributed by atoms with Gasteiger partial charge >= 0.3 is 0 Å². The van der Waals surface area contributed by atoms with E-state index in [0.717, 1.165) is 52.8 Å². The zero-order valence-corrected chi connectivity index (χ0v) is 15.3. The summed E-state index contributed by atoms with van der Waals surface area (Å²) in [6.07, 6.45) is 8.80. The first-order valence-corrected chi connectivity index (χ1v) is 9.64. The van der Waals surface area contributed by atoms with Crippen LogP contribution in [0.5, 0.6) is 0 Å². The molecule has 6 heteroatoms. The van der Waals surface area contributed by atoms with Crippen LogP contribution in [-0.4, -0.2) is 30.7 Å². The van der Waals surface area contributed by atoms with Crippen LogP contribution in [0.3, 0.4) is 0 Å². The van der Waals surface area contributed by atoms with E-state index in [2.05, 4.69) is 14.5 Å². The monoisotopic (exact) mass is 376 g/mol. The number of H-pyrrole nitrogens is 1. The summed E-state index contributed by atoms with van der Waals surface area (Å²) in [5.74, 6) is -0.267. The van der Waals surface area contributed by atoms with Crippen molar-refractivity contribution in [1.29, 1.82) is 0 Å². The highest BCUT2D eigenvalue weighted by molar-refractivity contribution is 5.95. The third kappa shape index (κ3) is 2.90. The molecule has 0 radical (unpaired) electrons. The summed E-state index contributed by atoms with van der Waals surface area (Å²) in [6.45, 7) is 0. The molecule has 0 aliphatic heterocycles. The SMILES string of the molecule is O[C@@H]1CCC[C@@H](n2cnc(-c3ccc(F)cc3)c2-c2ccnc3[nH]ccc23)C1. The number of aliphatic hydroxyl groups is 1. The summed E-state index contributed by atoms with van der Waals surface area (Å²) in [5, 5.41) is 11.2. The highest BCUT2D eigenvalue weighted by atomic mass is 19.1. The lowest BCUT2D eigenvalue weighted by molar-refractivity contribution is 0.104. The molecule has 5 rings (SSSR count). The van der Waals surface area contributed by atoms with Crippen LogP contribution in [0.4, 0.5) is 4.39 Å². The van der Waals surface area contributed by atoms with Crippen molar-refractivity contribution in [2.45, 2.75) is 37.8 Å². The molecule has 2 atom stereocenters. The number of fused-ring (bicyclic) bond motifs is 1. The largest absolute Gasteiger partial charge is 0.393 e. The third-order valence-electron chi connectivity index (χ3n) is 5.64. The maximum atomic E-state index is 13.5. The van der Waals surface area contributed by atoms with Crippen molar-refractivity contribution in [3.63, 3.8) is 0 Å². The van der Waals surface area contributed by atoms with Gasteiger partial charge in [0.1, 0.15) is 11.5 Å². The van der Waals surface area contributed by atoms with Crippen molar-refractivity contribution in [3.05, 3.63) is 60.9 Å². The minimum atomic E-state index is -0.284. The molecule has 3 aromatic heterocycles. The van der Waals surface area contributed by atoms with E-state index in [1.165, 1.54) is 12.1 Å². The first kappa shape index (κ1) is 17.1. The zero-order valence-electron chi connectivity index (χ0n) is 15.3. The number of imidazole rings is 1. The number of halogens is 1. The quantitative estimate of drug-likeness (QED) is 0.544. The molecule has 28 heavy (non-hydrogen) atoms. The van der Waals surface area contributed by atoms with Crippen LogP contribution >= 0.6 is 0 Å². The molecular weight excluding hydrogens is 355 g/mol. The molecule has 2 N–H and O–H groups in total. The summed E-state index contributed by atoms with van der Waals surface area (Å²) in [7, 11) is 0. The number of nitrogens with zero attached hydrogens (tertiary/aromatic N) is 3. The minimum absolute atomic E-state index is 0.183. The van der Waals surface area contributed by atoms with Crippen LogP contribution in [0, 0.1) is 5.82 Å². The Bertz CT molecular complexity index is 1120. The summed E-state index contributed by atoms with van der Waals surface area (Å²) >= 11 is 0. The van der Waals surface area contributed by atoms with Crippen LogP contribution in [0.2, 0.25) is 0 Å². The average Bonchev–Trinajstić information content (AvgIpc) is 3.35. The molecule has 3 heterocycles. The van der Waals surface area contributed by atoms with Crippen molar-refractivity contribution < 1.29 is 9.50 Å². The predicted octanol–water partition coefficient (Wildman–Crippen LogP) is 4.71. The van der Waals surface area contributed by atoms with Crippen LogP contribution in [-0.2, 0) is 0 Å². The molecule has 5 nitrogen and oxygen atoms in total. The van der Waals surface area contributed by atoms with Gasteiger partial charge in [-0.05, 0) is 62.1 Å². The van der Waals surface area contributed by atoms with E-state index < -0.39 is 0 Å².